The summed E-state index contributed by atoms with van der Waals surface area (Å²) in [6.07, 6.45) is -47.9. The van der Waals surface area contributed by atoms with Gasteiger partial charge in [-0.1, -0.05) is 122 Å². The molecule has 1 fully saturated rings. The number of thiazole rings is 1. The minimum atomic E-state index is -6.13. The van der Waals surface area contributed by atoms with Gasteiger partial charge in [0.05, 0.1) is 44.5 Å². The van der Waals surface area contributed by atoms with Crippen LogP contribution in [-0.2, 0) is 56.0 Å². The Morgan fingerprint density at radius 3 is 0.962 bits per heavy atom. The number of alkyl halides is 24. The average molecular weight is 1170 g/mol. The number of hydrogen-bond donors (Lipinski definition) is 0. The van der Waals surface area contributed by atoms with Crippen molar-refractivity contribution in [2.24, 2.45) is 0 Å². The normalized spacial score (nSPS) is 14.8. The summed E-state index contributed by atoms with van der Waals surface area (Å²) in [6, 6.07) is 8.87. The van der Waals surface area contributed by atoms with Crippen molar-refractivity contribution in [3.8, 4) is 0 Å². The van der Waals surface area contributed by atoms with Crippen molar-refractivity contribution < 1.29 is 110 Å². The predicted molar refractivity (Wildman–Crippen MR) is 243 cm³/mol. The SMILES string of the molecule is FC(F)(F)c1cc([B-](c2cc(C(F)(F)F)cc(C(F)(F)F)c2)(c2cc(C(F)(F)F)cc(C(F)(F)F)c2)c2cc(C(F)(F)F)cc(C(F)(F)F)c2)cc(C(F)(F)F)c1.c1ccc(C[n+]2csc3cccc(C4CCCCC4)c32)cc1. The highest BCUT2D eigenvalue weighted by atomic mass is 32.1. The fourth-order valence-electron chi connectivity index (χ4n) is 9.82. The van der Waals surface area contributed by atoms with Crippen molar-refractivity contribution in [2.45, 2.75) is 94.0 Å². The van der Waals surface area contributed by atoms with Crippen molar-refractivity contribution in [3.63, 3.8) is 0 Å². The molecule has 0 amide bonds. The first-order valence-corrected chi connectivity index (χ1v) is 23.8. The van der Waals surface area contributed by atoms with Gasteiger partial charge in [-0.15, -0.1) is 0 Å². The molecule has 1 saturated carbocycles. The van der Waals surface area contributed by atoms with E-state index < -0.39 is 195 Å². The molecule has 0 saturated heterocycles. The third-order valence-corrected chi connectivity index (χ3v) is 14.2. The summed E-state index contributed by atoms with van der Waals surface area (Å²) in [4.78, 5) is 0. The number of para-hydroxylation sites is 1. The molecule has 0 N–H and O–H groups in total. The maximum Gasteiger partial charge on any atom is 0.416 e. The lowest BCUT2D eigenvalue weighted by Crippen LogP contribution is -2.75. The van der Waals surface area contributed by atoms with Crippen LogP contribution < -0.4 is 26.4 Å². The van der Waals surface area contributed by atoms with E-state index in [2.05, 4.69) is 58.6 Å². The van der Waals surface area contributed by atoms with Crippen LogP contribution in [0.3, 0.4) is 0 Å². The molecule has 0 unspecified atom stereocenters. The summed E-state index contributed by atoms with van der Waals surface area (Å²) in [5.41, 5.74) is -23.5. The Hall–Kier alpha value is -6.41. The third kappa shape index (κ3) is 13.4. The first-order chi connectivity index (χ1) is 36.2. The fraction of sp³-hybridized carbons (Fsp3) is 0.288. The molecule has 0 aliphatic heterocycles. The Morgan fingerprint density at radius 1 is 0.367 bits per heavy atom. The van der Waals surface area contributed by atoms with E-state index in [-0.39, 0.29) is 0 Å². The monoisotopic (exact) mass is 1170 g/mol. The number of aromatic nitrogens is 1. The molecule has 1 heterocycles. The fourth-order valence-corrected chi connectivity index (χ4v) is 10.7. The molecule has 0 spiro atoms. The Balaban J connectivity index is 0.000000336. The number of fused-ring (bicyclic) bond motifs is 1. The van der Waals surface area contributed by atoms with E-state index in [4.69, 9.17) is 0 Å². The van der Waals surface area contributed by atoms with Gasteiger partial charge in [-0.3, -0.25) is 0 Å². The number of hydrogen-bond acceptors (Lipinski definition) is 1. The van der Waals surface area contributed by atoms with Gasteiger partial charge in [-0.25, -0.2) is 0 Å². The van der Waals surface area contributed by atoms with Crippen molar-refractivity contribution in [3.05, 3.63) is 182 Å². The molecular formula is C52H34BF24NS. The zero-order chi connectivity index (χ0) is 58.7. The van der Waals surface area contributed by atoms with Crippen LogP contribution in [0.25, 0.3) is 10.2 Å². The molecule has 8 rings (SSSR count). The largest absolute Gasteiger partial charge is 0.416 e. The average Bonchev–Trinajstić information content (AvgIpc) is 3.88. The van der Waals surface area contributed by atoms with Crippen LogP contribution in [0.2, 0.25) is 0 Å². The molecule has 0 bridgehead atoms. The first-order valence-electron chi connectivity index (χ1n) is 23.0. The van der Waals surface area contributed by atoms with E-state index in [9.17, 15) is 105 Å². The second-order valence-corrected chi connectivity index (χ2v) is 19.5. The van der Waals surface area contributed by atoms with E-state index in [0.29, 0.717) is 0 Å². The molecule has 1 nitrogen and oxygen atoms in total. The highest BCUT2D eigenvalue weighted by molar-refractivity contribution is 7.20. The Kier molecular flexibility index (Phi) is 16.2. The van der Waals surface area contributed by atoms with Crippen LogP contribution in [0.15, 0.2) is 127 Å². The quantitative estimate of drug-likeness (QED) is 0.0851. The Labute approximate surface area is 435 Å². The number of rotatable bonds is 7. The maximum atomic E-state index is 14.2. The minimum Gasteiger partial charge on any atom is -0.194 e. The van der Waals surface area contributed by atoms with E-state index in [1.165, 1.54) is 47.9 Å². The summed E-state index contributed by atoms with van der Waals surface area (Å²) in [6.45, 7) is 0.977. The summed E-state index contributed by atoms with van der Waals surface area (Å²) in [7, 11) is 0. The lowest BCUT2D eigenvalue weighted by atomic mass is 9.12. The number of benzene rings is 6. The molecule has 6 aromatic carbocycles. The van der Waals surface area contributed by atoms with Crippen LogP contribution >= 0.6 is 11.3 Å². The van der Waals surface area contributed by atoms with Crippen molar-refractivity contribution in [1.29, 1.82) is 0 Å². The van der Waals surface area contributed by atoms with Gasteiger partial charge < -0.3 is 0 Å². The smallest absolute Gasteiger partial charge is 0.194 e. The van der Waals surface area contributed by atoms with Gasteiger partial charge in [0.2, 0.25) is 11.0 Å². The summed E-state index contributed by atoms with van der Waals surface area (Å²) >= 11 is 1.87. The minimum absolute atomic E-state index is 0.691. The molecule has 0 radical (unpaired) electrons. The van der Waals surface area contributed by atoms with Crippen molar-refractivity contribution in [2.75, 3.05) is 0 Å². The predicted octanol–water partition coefficient (Wildman–Crippen LogP) is 16.5. The molecular weight excluding hydrogens is 1140 g/mol. The summed E-state index contributed by atoms with van der Waals surface area (Å²) < 4.78 is 345. The van der Waals surface area contributed by atoms with Gasteiger partial charge in [0.15, 0.2) is 6.54 Å². The van der Waals surface area contributed by atoms with E-state index >= 15 is 0 Å². The van der Waals surface area contributed by atoms with Crippen molar-refractivity contribution >= 4 is 49.6 Å². The number of nitrogens with zero attached hydrogens (tertiary/aromatic N) is 1. The molecule has 1 aromatic heterocycles. The van der Waals surface area contributed by atoms with Crippen LogP contribution in [0, 0.1) is 0 Å². The molecule has 0 atom stereocenters. The summed E-state index contributed by atoms with van der Waals surface area (Å²) in [5.74, 6) is 0.758. The van der Waals surface area contributed by atoms with E-state index in [1.807, 2.05) is 11.3 Å². The molecule has 7 aromatic rings. The van der Waals surface area contributed by atoms with Crippen molar-refractivity contribution in [1.82, 2.24) is 0 Å². The zero-order valence-electron chi connectivity index (χ0n) is 39.4. The van der Waals surface area contributed by atoms with Crippen LogP contribution in [0.1, 0.15) is 93.7 Å². The maximum absolute atomic E-state index is 14.2. The molecule has 424 valence electrons. The first kappa shape index (κ1) is 60.2. The third-order valence-electron chi connectivity index (χ3n) is 13.3. The molecule has 1 aliphatic rings. The highest BCUT2D eigenvalue weighted by Crippen LogP contribution is 2.42. The van der Waals surface area contributed by atoms with Gasteiger partial charge >= 0.3 is 49.4 Å². The Morgan fingerprint density at radius 2 is 0.671 bits per heavy atom. The van der Waals surface area contributed by atoms with Gasteiger partial charge in [-0.05, 0) is 49.1 Å². The summed E-state index contributed by atoms with van der Waals surface area (Å²) in [5, 5.41) is 0. The second kappa shape index (κ2) is 21.2. The van der Waals surface area contributed by atoms with Gasteiger partial charge in [0, 0.05) is 11.1 Å². The topological polar surface area (TPSA) is 3.88 Å². The van der Waals surface area contributed by atoms with Crippen LogP contribution in [0.5, 0.6) is 0 Å². The number of halogens is 24. The lowest BCUT2D eigenvalue weighted by molar-refractivity contribution is -0.658. The zero-order valence-corrected chi connectivity index (χ0v) is 40.3. The molecule has 27 heteroatoms. The molecule has 79 heavy (non-hydrogen) atoms. The second-order valence-electron chi connectivity index (χ2n) is 18.6. The van der Waals surface area contributed by atoms with Crippen LogP contribution in [0.4, 0.5) is 105 Å². The van der Waals surface area contributed by atoms with Gasteiger partial charge in [-0.2, -0.15) is 132 Å². The molecule has 1 aliphatic carbocycles. The van der Waals surface area contributed by atoms with Gasteiger partial charge in [0.25, 0.3) is 0 Å². The highest BCUT2D eigenvalue weighted by Gasteiger charge is 2.47. The Bertz CT molecular complexity index is 2860. The standard InChI is InChI=1S/C32H12BF24.C20H22NS/c34-25(35,36)13-1-14(26(37,38)39)6-21(5-13)33(22-7-15(27(40,41)42)2-16(8-22)28(43,44)45,23-9-17(29(46,47)48)3-18(10-23)30(49,50)51)24-11-19(31(52,53)54)4-20(12-24)32(55,56)57;1-3-8-16(9-4-1)14-21-15-22-19-13-7-12-18(20(19)21)17-10-5-2-6-11-17/h1-12H;1,3-4,7-9,12-13,15,17H,2,5-6,10-11,14H2/q-1;+1. The van der Waals surface area contributed by atoms with Crippen LogP contribution in [-0.4, -0.2) is 6.15 Å². The van der Waals surface area contributed by atoms with Gasteiger partial charge in [0.1, 0.15) is 10.8 Å². The van der Waals surface area contributed by atoms with E-state index in [1.54, 1.807) is 5.56 Å². The lowest BCUT2D eigenvalue weighted by Gasteiger charge is -2.46. The van der Waals surface area contributed by atoms with E-state index in [0.717, 1.165) is 12.5 Å².